The van der Waals surface area contributed by atoms with Crippen LogP contribution in [0.15, 0.2) is 35.5 Å². The third-order valence-corrected chi connectivity index (χ3v) is 4.24. The maximum atomic E-state index is 12.0. The zero-order valence-corrected chi connectivity index (χ0v) is 15.0. The number of carboxylic acid groups (broad SMARTS) is 1. The normalized spacial score (nSPS) is 17.8. The van der Waals surface area contributed by atoms with Crippen LogP contribution in [0.25, 0.3) is 0 Å². The van der Waals surface area contributed by atoms with Gasteiger partial charge in [-0.05, 0) is 57.4 Å². The molecule has 5 heteroatoms. The van der Waals surface area contributed by atoms with Crippen molar-refractivity contribution in [3.05, 3.63) is 35.5 Å². The Kier molecular flexibility index (Phi) is 10.0. The summed E-state index contributed by atoms with van der Waals surface area (Å²) < 4.78 is 0. The van der Waals surface area contributed by atoms with E-state index in [1.807, 2.05) is 18.2 Å². The molecule has 0 amide bonds. The second-order valence-corrected chi connectivity index (χ2v) is 6.59. The highest BCUT2D eigenvalue weighted by Gasteiger charge is 2.20. The Hall–Kier alpha value is -1.72. The molecular formula is C20H30O5. The van der Waals surface area contributed by atoms with Gasteiger partial charge in [-0.1, -0.05) is 24.3 Å². The maximum Gasteiger partial charge on any atom is 0.303 e. The van der Waals surface area contributed by atoms with Gasteiger partial charge in [-0.25, -0.2) is 0 Å². The molecule has 0 aromatic heterocycles. The van der Waals surface area contributed by atoms with Crippen LogP contribution in [-0.4, -0.2) is 39.3 Å². The van der Waals surface area contributed by atoms with Crippen molar-refractivity contribution in [2.75, 3.05) is 0 Å². The highest BCUT2D eigenvalue weighted by Crippen LogP contribution is 2.27. The molecule has 1 aliphatic carbocycles. The van der Waals surface area contributed by atoms with Crippen LogP contribution in [-0.2, 0) is 9.59 Å². The molecule has 3 N–H and O–H groups in total. The number of carbonyl (C=O) groups excluding carboxylic acids is 1. The van der Waals surface area contributed by atoms with Gasteiger partial charge in [0.1, 0.15) is 0 Å². The van der Waals surface area contributed by atoms with Crippen LogP contribution in [0.2, 0.25) is 0 Å². The molecule has 0 saturated heterocycles. The number of ketones is 1. The smallest absolute Gasteiger partial charge is 0.303 e. The summed E-state index contributed by atoms with van der Waals surface area (Å²) >= 11 is 0. The van der Waals surface area contributed by atoms with E-state index in [9.17, 15) is 19.8 Å². The molecule has 0 aromatic rings. The number of Topliss-reactive ketones (excluding diaryl/α,β-unsaturated/α-hetero) is 1. The van der Waals surface area contributed by atoms with Crippen molar-refractivity contribution in [2.45, 2.75) is 76.9 Å². The highest BCUT2D eigenvalue weighted by atomic mass is 16.4. The van der Waals surface area contributed by atoms with E-state index < -0.39 is 12.1 Å². The van der Waals surface area contributed by atoms with Crippen LogP contribution in [0.3, 0.4) is 0 Å². The number of carbonyl (C=O) groups is 2. The summed E-state index contributed by atoms with van der Waals surface area (Å²) in [5.41, 5.74) is 1.77. The van der Waals surface area contributed by atoms with E-state index in [-0.39, 0.29) is 18.3 Å². The summed E-state index contributed by atoms with van der Waals surface area (Å²) in [6.07, 6.45) is 11.8. The number of aliphatic carboxylic acids is 1. The second kappa shape index (κ2) is 11.8. The molecule has 0 aliphatic heterocycles. The van der Waals surface area contributed by atoms with Crippen LogP contribution in [0, 0.1) is 0 Å². The predicted molar refractivity (Wildman–Crippen MR) is 97.2 cm³/mol. The quantitative estimate of drug-likeness (QED) is 0.371. The Morgan fingerprint density at radius 2 is 1.92 bits per heavy atom. The lowest BCUT2D eigenvalue weighted by molar-refractivity contribution is -0.137. The Bertz CT molecular complexity index is 528. The minimum atomic E-state index is -0.790. The fourth-order valence-electron chi connectivity index (χ4n) is 2.79. The first-order valence-electron chi connectivity index (χ1n) is 9.06. The molecule has 0 aromatic carbocycles. The molecule has 0 fully saturated rings. The van der Waals surface area contributed by atoms with E-state index in [0.717, 1.165) is 17.6 Å². The Morgan fingerprint density at radius 1 is 1.16 bits per heavy atom. The van der Waals surface area contributed by atoms with Crippen LogP contribution in [0.4, 0.5) is 0 Å². The number of allylic oxidation sites excluding steroid dienone is 5. The largest absolute Gasteiger partial charge is 0.481 e. The molecule has 0 saturated carbocycles. The van der Waals surface area contributed by atoms with Crippen molar-refractivity contribution in [1.82, 2.24) is 0 Å². The van der Waals surface area contributed by atoms with Gasteiger partial charge in [0.15, 0.2) is 5.78 Å². The minimum absolute atomic E-state index is 0.151. The van der Waals surface area contributed by atoms with Gasteiger partial charge in [0.2, 0.25) is 0 Å². The van der Waals surface area contributed by atoms with Crippen molar-refractivity contribution in [2.24, 2.45) is 0 Å². The fourth-order valence-corrected chi connectivity index (χ4v) is 2.79. The van der Waals surface area contributed by atoms with Crippen molar-refractivity contribution < 1.29 is 24.9 Å². The third kappa shape index (κ3) is 9.37. The number of carboxylic acids is 1. The molecule has 5 nitrogen and oxygen atoms in total. The molecular weight excluding hydrogens is 320 g/mol. The number of rotatable bonds is 12. The first kappa shape index (κ1) is 21.3. The van der Waals surface area contributed by atoms with E-state index in [1.165, 1.54) is 0 Å². The number of unbranched alkanes of at least 4 members (excludes halogenated alkanes) is 1. The molecule has 140 valence electrons. The van der Waals surface area contributed by atoms with Crippen molar-refractivity contribution >= 4 is 11.8 Å². The van der Waals surface area contributed by atoms with Gasteiger partial charge >= 0.3 is 5.97 Å². The van der Waals surface area contributed by atoms with Crippen LogP contribution in [0.1, 0.15) is 64.7 Å². The summed E-state index contributed by atoms with van der Waals surface area (Å²) in [4.78, 5) is 22.4. The molecule has 0 bridgehead atoms. The van der Waals surface area contributed by atoms with E-state index in [1.54, 1.807) is 13.0 Å². The summed E-state index contributed by atoms with van der Waals surface area (Å²) in [5.74, 6) is -0.639. The maximum absolute atomic E-state index is 12.0. The first-order valence-corrected chi connectivity index (χ1v) is 9.06. The lowest BCUT2D eigenvalue weighted by atomic mass is 10.0. The first-order chi connectivity index (χ1) is 11.9. The van der Waals surface area contributed by atoms with Gasteiger partial charge < -0.3 is 15.3 Å². The lowest BCUT2D eigenvalue weighted by Crippen LogP contribution is -2.05. The average molecular weight is 350 g/mol. The SMILES string of the molecule is CC(O)CCC[C@H](O)/C=C/C1=C(C/C=C\CCCC(=O)O)C(=O)CC1. The van der Waals surface area contributed by atoms with Gasteiger partial charge in [0, 0.05) is 18.4 Å². The standard InChI is InChI=1S/C20H30O5/c1-15(21)7-6-8-17(22)13-11-16-12-14-19(23)18(16)9-4-2-3-5-10-20(24)25/h2,4,11,13,15,17,21-22H,3,5-10,12,14H2,1H3,(H,24,25)/b4-2-,13-11+/t15?,17-/m0/s1. The van der Waals surface area contributed by atoms with Crippen LogP contribution in [0.5, 0.6) is 0 Å². The zero-order valence-electron chi connectivity index (χ0n) is 15.0. The predicted octanol–water partition coefficient (Wildman–Crippen LogP) is 3.32. The monoisotopic (exact) mass is 350 g/mol. The molecule has 1 unspecified atom stereocenters. The number of aliphatic hydroxyl groups excluding tert-OH is 2. The number of hydrogen-bond donors (Lipinski definition) is 3. The highest BCUT2D eigenvalue weighted by molar-refractivity contribution is 5.99. The van der Waals surface area contributed by atoms with E-state index >= 15 is 0 Å². The second-order valence-electron chi connectivity index (χ2n) is 6.59. The van der Waals surface area contributed by atoms with Gasteiger partial charge in [-0.3, -0.25) is 9.59 Å². The van der Waals surface area contributed by atoms with Crippen molar-refractivity contribution in [1.29, 1.82) is 0 Å². The average Bonchev–Trinajstić information content (AvgIpc) is 2.88. The van der Waals surface area contributed by atoms with Gasteiger partial charge in [0.05, 0.1) is 12.2 Å². The topological polar surface area (TPSA) is 94.8 Å². The summed E-state index contributed by atoms with van der Waals surface area (Å²) in [6, 6.07) is 0. The summed E-state index contributed by atoms with van der Waals surface area (Å²) in [7, 11) is 0. The van der Waals surface area contributed by atoms with Crippen molar-refractivity contribution in [3.8, 4) is 0 Å². The van der Waals surface area contributed by atoms with E-state index in [0.29, 0.717) is 44.9 Å². The lowest BCUT2D eigenvalue weighted by Gasteiger charge is -2.07. The molecule has 0 heterocycles. The molecule has 25 heavy (non-hydrogen) atoms. The van der Waals surface area contributed by atoms with Crippen LogP contribution >= 0.6 is 0 Å². The van der Waals surface area contributed by atoms with Gasteiger partial charge in [-0.15, -0.1) is 0 Å². The molecule has 1 rings (SSSR count). The fraction of sp³-hybridized carbons (Fsp3) is 0.600. The Morgan fingerprint density at radius 3 is 2.60 bits per heavy atom. The zero-order chi connectivity index (χ0) is 18.7. The van der Waals surface area contributed by atoms with Crippen LogP contribution < -0.4 is 0 Å². The summed E-state index contributed by atoms with van der Waals surface area (Å²) in [5, 5.41) is 27.8. The van der Waals surface area contributed by atoms with Gasteiger partial charge in [0.25, 0.3) is 0 Å². The van der Waals surface area contributed by atoms with E-state index in [2.05, 4.69) is 0 Å². The van der Waals surface area contributed by atoms with Gasteiger partial charge in [-0.2, -0.15) is 0 Å². The molecule has 2 atom stereocenters. The third-order valence-electron chi connectivity index (χ3n) is 4.24. The Labute approximate surface area is 149 Å². The van der Waals surface area contributed by atoms with E-state index in [4.69, 9.17) is 5.11 Å². The molecule has 0 spiro atoms. The molecule has 0 radical (unpaired) electrons. The summed E-state index contributed by atoms with van der Waals surface area (Å²) in [6.45, 7) is 1.73. The van der Waals surface area contributed by atoms with Crippen molar-refractivity contribution in [3.63, 3.8) is 0 Å². The number of hydrogen-bond acceptors (Lipinski definition) is 4. The minimum Gasteiger partial charge on any atom is -0.481 e. The number of aliphatic hydroxyl groups is 2. The molecule has 1 aliphatic rings. The Balaban J connectivity index is 2.48.